The monoisotopic (exact) mass is 349 g/mol. The van der Waals surface area contributed by atoms with Crippen molar-refractivity contribution < 1.29 is 18.0 Å². The number of hydrogen-bond donors (Lipinski definition) is 0. The molecule has 0 radical (unpaired) electrons. The molecule has 0 fully saturated rings. The van der Waals surface area contributed by atoms with Gasteiger partial charge in [-0.05, 0) is 49.2 Å². The number of aryl methyl sites for hydroxylation is 1. The molecule has 0 saturated heterocycles. The second-order valence-corrected chi connectivity index (χ2v) is 6.86. The standard InChI is InChI=1S/C18H14F3NOS/c1-10(23)17(12-3-6-14(7-4-12)18(19,20)21)13-5-8-15-16(9-13)24-11(2)22-15/h3-9,17H,1-2H3. The van der Waals surface area contributed by atoms with Crippen LogP contribution in [-0.4, -0.2) is 10.8 Å². The maximum absolute atomic E-state index is 12.7. The van der Waals surface area contributed by atoms with Crippen LogP contribution in [0, 0.1) is 6.92 Å². The van der Waals surface area contributed by atoms with Crippen molar-refractivity contribution in [3.05, 3.63) is 64.2 Å². The molecule has 1 unspecified atom stereocenters. The summed E-state index contributed by atoms with van der Waals surface area (Å²) in [6.07, 6.45) is -4.39. The van der Waals surface area contributed by atoms with E-state index in [1.54, 1.807) is 0 Å². The number of thiazole rings is 1. The molecule has 2 nitrogen and oxygen atoms in total. The van der Waals surface area contributed by atoms with E-state index < -0.39 is 17.7 Å². The maximum Gasteiger partial charge on any atom is 0.416 e. The fourth-order valence-electron chi connectivity index (χ4n) is 2.76. The van der Waals surface area contributed by atoms with Gasteiger partial charge in [0.2, 0.25) is 0 Å². The van der Waals surface area contributed by atoms with Gasteiger partial charge in [-0.1, -0.05) is 18.2 Å². The van der Waals surface area contributed by atoms with Gasteiger partial charge >= 0.3 is 6.18 Å². The molecule has 1 heterocycles. The molecule has 6 heteroatoms. The molecule has 0 aliphatic rings. The zero-order chi connectivity index (χ0) is 17.5. The molecule has 3 aromatic rings. The van der Waals surface area contributed by atoms with Gasteiger partial charge in [0.15, 0.2) is 0 Å². The lowest BCUT2D eigenvalue weighted by Crippen LogP contribution is -2.11. The highest BCUT2D eigenvalue weighted by Gasteiger charge is 2.30. The average Bonchev–Trinajstić information content (AvgIpc) is 2.86. The normalized spacial score (nSPS) is 13.2. The van der Waals surface area contributed by atoms with E-state index >= 15 is 0 Å². The second-order valence-electron chi connectivity index (χ2n) is 5.62. The van der Waals surface area contributed by atoms with Crippen LogP contribution in [-0.2, 0) is 11.0 Å². The molecule has 24 heavy (non-hydrogen) atoms. The quantitative estimate of drug-likeness (QED) is 0.638. The summed E-state index contributed by atoms with van der Waals surface area (Å²) in [7, 11) is 0. The van der Waals surface area contributed by atoms with Crippen LogP contribution < -0.4 is 0 Å². The van der Waals surface area contributed by atoms with Gasteiger partial charge in [-0.25, -0.2) is 4.98 Å². The highest BCUT2D eigenvalue weighted by Crippen LogP contribution is 2.33. The van der Waals surface area contributed by atoms with Crippen molar-refractivity contribution in [1.29, 1.82) is 0 Å². The molecule has 0 saturated carbocycles. The molecule has 2 aromatic carbocycles. The number of alkyl halides is 3. The molecule has 0 spiro atoms. The van der Waals surface area contributed by atoms with E-state index in [0.29, 0.717) is 5.56 Å². The third kappa shape index (κ3) is 3.19. The number of halogens is 3. The van der Waals surface area contributed by atoms with Crippen LogP contribution in [0.2, 0.25) is 0 Å². The van der Waals surface area contributed by atoms with E-state index in [9.17, 15) is 18.0 Å². The molecule has 1 aromatic heterocycles. The summed E-state index contributed by atoms with van der Waals surface area (Å²) in [6.45, 7) is 3.35. The Hall–Kier alpha value is -2.21. The van der Waals surface area contributed by atoms with Crippen LogP contribution in [0.5, 0.6) is 0 Å². The van der Waals surface area contributed by atoms with Crippen LogP contribution in [0.3, 0.4) is 0 Å². The highest BCUT2D eigenvalue weighted by atomic mass is 32.1. The molecule has 0 bridgehead atoms. The number of ketones is 1. The Morgan fingerprint density at radius 3 is 2.29 bits per heavy atom. The Morgan fingerprint density at radius 1 is 1.08 bits per heavy atom. The molecule has 0 amide bonds. The number of benzene rings is 2. The van der Waals surface area contributed by atoms with Gasteiger partial charge in [-0.3, -0.25) is 4.79 Å². The molecule has 124 valence electrons. The Kier molecular flexibility index (Phi) is 4.17. The summed E-state index contributed by atoms with van der Waals surface area (Å²) in [5, 5.41) is 0.927. The number of rotatable bonds is 3. The summed E-state index contributed by atoms with van der Waals surface area (Å²) < 4.78 is 39.1. The van der Waals surface area contributed by atoms with Gasteiger partial charge in [-0.15, -0.1) is 11.3 Å². The zero-order valence-corrected chi connectivity index (χ0v) is 13.8. The van der Waals surface area contributed by atoms with Gasteiger partial charge in [-0.2, -0.15) is 13.2 Å². The van der Waals surface area contributed by atoms with Crippen molar-refractivity contribution >= 4 is 27.3 Å². The molecule has 3 rings (SSSR count). The van der Waals surface area contributed by atoms with Crippen molar-refractivity contribution in [1.82, 2.24) is 4.98 Å². The van der Waals surface area contributed by atoms with E-state index in [-0.39, 0.29) is 5.78 Å². The predicted molar refractivity (Wildman–Crippen MR) is 88.3 cm³/mol. The minimum atomic E-state index is -4.39. The molecule has 0 aliphatic carbocycles. The Morgan fingerprint density at radius 2 is 1.71 bits per heavy atom. The number of carbonyl (C=O) groups excluding carboxylic acids is 1. The Balaban J connectivity index is 2.04. The summed E-state index contributed by atoms with van der Waals surface area (Å²) >= 11 is 1.53. The van der Waals surface area contributed by atoms with E-state index in [0.717, 1.165) is 32.9 Å². The van der Waals surface area contributed by atoms with Gasteiger partial charge < -0.3 is 0 Å². The number of Topliss-reactive ketones (excluding diaryl/α,β-unsaturated/α-hetero) is 1. The van der Waals surface area contributed by atoms with Crippen molar-refractivity contribution in [2.24, 2.45) is 0 Å². The third-order valence-corrected chi connectivity index (χ3v) is 4.76. The van der Waals surface area contributed by atoms with Gasteiger partial charge in [0.1, 0.15) is 5.78 Å². The van der Waals surface area contributed by atoms with Crippen LogP contribution in [0.4, 0.5) is 13.2 Å². The molecule has 0 N–H and O–H groups in total. The zero-order valence-electron chi connectivity index (χ0n) is 13.0. The second kappa shape index (κ2) is 6.02. The average molecular weight is 349 g/mol. The summed E-state index contributed by atoms with van der Waals surface area (Å²) in [5.41, 5.74) is 1.45. The maximum atomic E-state index is 12.7. The lowest BCUT2D eigenvalue weighted by atomic mass is 9.88. The fourth-order valence-corrected chi connectivity index (χ4v) is 3.64. The minimum absolute atomic E-state index is 0.115. The topological polar surface area (TPSA) is 30.0 Å². The first-order valence-corrected chi connectivity index (χ1v) is 8.12. The lowest BCUT2D eigenvalue weighted by molar-refractivity contribution is -0.137. The van der Waals surface area contributed by atoms with E-state index in [1.165, 1.54) is 30.4 Å². The number of nitrogens with zero attached hydrogens (tertiary/aromatic N) is 1. The Labute approximate surface area is 141 Å². The van der Waals surface area contributed by atoms with Gasteiger partial charge in [0, 0.05) is 0 Å². The molecule has 0 aliphatic heterocycles. The van der Waals surface area contributed by atoms with Crippen LogP contribution >= 0.6 is 11.3 Å². The van der Waals surface area contributed by atoms with Crippen molar-refractivity contribution in [2.45, 2.75) is 25.9 Å². The van der Waals surface area contributed by atoms with Crippen molar-refractivity contribution in [3.8, 4) is 0 Å². The predicted octanol–water partition coefficient (Wildman–Crippen LogP) is 5.34. The summed E-state index contributed by atoms with van der Waals surface area (Å²) in [6, 6.07) is 10.3. The smallest absolute Gasteiger partial charge is 0.299 e. The molecular weight excluding hydrogens is 335 g/mol. The summed E-state index contributed by atoms with van der Waals surface area (Å²) in [4.78, 5) is 16.5. The molecular formula is C18H14F3NOS. The minimum Gasteiger partial charge on any atom is -0.299 e. The number of hydrogen-bond acceptors (Lipinski definition) is 3. The first-order valence-electron chi connectivity index (χ1n) is 7.30. The van der Waals surface area contributed by atoms with E-state index in [4.69, 9.17) is 0 Å². The fraction of sp³-hybridized carbons (Fsp3) is 0.222. The van der Waals surface area contributed by atoms with Gasteiger partial charge in [0.05, 0.1) is 26.7 Å². The highest BCUT2D eigenvalue weighted by molar-refractivity contribution is 7.18. The third-order valence-electron chi connectivity index (χ3n) is 3.83. The first kappa shape index (κ1) is 16.6. The SMILES string of the molecule is CC(=O)C(c1ccc(C(F)(F)F)cc1)c1ccc2nc(C)sc2c1. The van der Waals surface area contributed by atoms with Crippen LogP contribution in [0.25, 0.3) is 10.2 Å². The number of carbonyl (C=O) groups is 1. The summed E-state index contributed by atoms with van der Waals surface area (Å²) in [5.74, 6) is -0.700. The van der Waals surface area contributed by atoms with E-state index in [2.05, 4.69) is 4.98 Å². The van der Waals surface area contributed by atoms with Gasteiger partial charge in [0.25, 0.3) is 0 Å². The van der Waals surface area contributed by atoms with Crippen molar-refractivity contribution in [2.75, 3.05) is 0 Å². The largest absolute Gasteiger partial charge is 0.416 e. The number of fused-ring (bicyclic) bond motifs is 1. The van der Waals surface area contributed by atoms with E-state index in [1.807, 2.05) is 25.1 Å². The molecule has 1 atom stereocenters. The van der Waals surface area contributed by atoms with Crippen LogP contribution in [0.15, 0.2) is 42.5 Å². The number of aromatic nitrogens is 1. The van der Waals surface area contributed by atoms with Crippen LogP contribution in [0.1, 0.15) is 34.5 Å². The lowest BCUT2D eigenvalue weighted by Gasteiger charge is -2.16. The Bertz CT molecular complexity index is 897. The van der Waals surface area contributed by atoms with Crippen molar-refractivity contribution in [3.63, 3.8) is 0 Å². The first-order chi connectivity index (χ1) is 11.3.